The van der Waals surface area contributed by atoms with E-state index >= 15 is 0 Å². The fourth-order valence-corrected chi connectivity index (χ4v) is 3.75. The first-order valence-electron chi connectivity index (χ1n) is 6.73. The molecule has 0 heterocycles. The average molecular weight is 296 g/mol. The molecule has 1 aliphatic rings. The molecule has 2 rings (SSSR count). The summed E-state index contributed by atoms with van der Waals surface area (Å²) in [6.45, 7) is 6.88. The van der Waals surface area contributed by atoms with Crippen molar-refractivity contribution in [1.29, 1.82) is 0 Å². The number of rotatable bonds is 2. The Balaban J connectivity index is 2.26. The first-order valence-corrected chi connectivity index (χ1v) is 10.2. The van der Waals surface area contributed by atoms with Crippen LogP contribution in [0.5, 0.6) is 0 Å². The number of allylic oxidation sites excluding steroid dienone is 4. The summed E-state index contributed by atoms with van der Waals surface area (Å²) < 4.78 is 37.7. The quantitative estimate of drug-likeness (QED) is 0.495. The van der Waals surface area contributed by atoms with Gasteiger partial charge in [-0.1, -0.05) is 55.2 Å². The van der Waals surface area contributed by atoms with E-state index in [2.05, 4.69) is 37.9 Å². The maximum Gasteiger partial charge on any atom is 0.416 e. The molecule has 4 heteroatoms. The summed E-state index contributed by atoms with van der Waals surface area (Å²) >= 11 is 0. The lowest BCUT2D eigenvalue weighted by atomic mass is 9.94. The Hall–Kier alpha value is -1.29. The van der Waals surface area contributed by atoms with E-state index in [9.17, 15) is 13.2 Å². The summed E-state index contributed by atoms with van der Waals surface area (Å²) in [7, 11) is -1.34. The molecule has 0 N–H and O–H groups in total. The molecule has 20 heavy (non-hydrogen) atoms. The van der Waals surface area contributed by atoms with Crippen LogP contribution in [0, 0.1) is 0 Å². The van der Waals surface area contributed by atoms with Crippen LogP contribution in [0.2, 0.25) is 19.6 Å². The highest BCUT2D eigenvalue weighted by Crippen LogP contribution is 2.33. The lowest BCUT2D eigenvalue weighted by molar-refractivity contribution is -0.137. The molecule has 1 unspecified atom stereocenters. The Morgan fingerprint density at radius 1 is 1.05 bits per heavy atom. The monoisotopic (exact) mass is 296 g/mol. The summed E-state index contributed by atoms with van der Waals surface area (Å²) in [5, 5.41) is 1.46. The van der Waals surface area contributed by atoms with Gasteiger partial charge in [0, 0.05) is 5.92 Å². The predicted octanol–water partition coefficient (Wildman–Crippen LogP) is 5.55. The maximum absolute atomic E-state index is 12.6. The van der Waals surface area contributed by atoms with Gasteiger partial charge in [-0.3, -0.25) is 0 Å². The van der Waals surface area contributed by atoms with E-state index < -0.39 is 19.8 Å². The van der Waals surface area contributed by atoms with E-state index in [0.717, 1.165) is 12.0 Å². The van der Waals surface area contributed by atoms with Gasteiger partial charge in [-0.15, -0.1) is 0 Å². The Bertz CT molecular complexity index is 530. The summed E-state index contributed by atoms with van der Waals surface area (Å²) in [6, 6.07) is 5.50. The largest absolute Gasteiger partial charge is 0.416 e. The molecule has 0 saturated carbocycles. The number of hydrogen-bond donors (Lipinski definition) is 0. The minimum atomic E-state index is -4.26. The standard InChI is InChI=1S/C16H19F3Si/c1-20(2,3)15-6-4-5-13(11-15)12-7-9-14(10-8-12)16(17,18)19/h4-5,7-11,13H,6H2,1-3H3. The van der Waals surface area contributed by atoms with Crippen molar-refractivity contribution in [1.82, 2.24) is 0 Å². The topological polar surface area (TPSA) is 0 Å². The van der Waals surface area contributed by atoms with Crippen LogP contribution < -0.4 is 0 Å². The molecule has 0 nitrogen and oxygen atoms in total. The SMILES string of the molecule is C[Si](C)(C)C1=CC(c2ccc(C(F)(F)F)cc2)C=CC1. The first kappa shape index (κ1) is 15.1. The molecule has 1 aromatic carbocycles. The van der Waals surface area contributed by atoms with Gasteiger partial charge in [-0.05, 0) is 24.1 Å². The van der Waals surface area contributed by atoms with E-state index in [-0.39, 0.29) is 5.92 Å². The second-order valence-corrected chi connectivity index (χ2v) is 11.4. The van der Waals surface area contributed by atoms with Crippen molar-refractivity contribution in [3.8, 4) is 0 Å². The molecule has 0 spiro atoms. The highest BCUT2D eigenvalue weighted by Gasteiger charge is 2.30. The molecule has 0 saturated heterocycles. The molecule has 0 fully saturated rings. The number of hydrogen-bond acceptors (Lipinski definition) is 0. The minimum Gasteiger partial charge on any atom is -0.166 e. The van der Waals surface area contributed by atoms with Gasteiger partial charge in [-0.25, -0.2) is 0 Å². The van der Waals surface area contributed by atoms with E-state index in [0.29, 0.717) is 0 Å². The van der Waals surface area contributed by atoms with Crippen molar-refractivity contribution in [3.63, 3.8) is 0 Å². The van der Waals surface area contributed by atoms with Gasteiger partial charge in [0.05, 0.1) is 13.6 Å². The lowest BCUT2D eigenvalue weighted by Gasteiger charge is -2.25. The molecular formula is C16H19F3Si. The van der Waals surface area contributed by atoms with Crippen molar-refractivity contribution >= 4 is 8.07 Å². The summed E-state index contributed by atoms with van der Waals surface area (Å²) in [4.78, 5) is 0. The van der Waals surface area contributed by atoms with E-state index in [1.165, 1.54) is 17.3 Å². The van der Waals surface area contributed by atoms with Crippen LogP contribution >= 0.6 is 0 Å². The van der Waals surface area contributed by atoms with Crippen molar-refractivity contribution in [2.45, 2.75) is 38.2 Å². The number of halogens is 3. The molecule has 0 radical (unpaired) electrons. The Labute approximate surface area is 119 Å². The summed E-state index contributed by atoms with van der Waals surface area (Å²) in [5.41, 5.74) is 0.333. The molecule has 1 aromatic rings. The molecule has 0 aliphatic heterocycles. The third-order valence-corrected chi connectivity index (χ3v) is 5.95. The molecular weight excluding hydrogens is 277 g/mol. The van der Waals surface area contributed by atoms with Crippen LogP contribution in [0.15, 0.2) is 47.7 Å². The third-order valence-electron chi connectivity index (χ3n) is 3.65. The molecule has 108 valence electrons. The molecule has 0 aromatic heterocycles. The van der Waals surface area contributed by atoms with Crippen LogP contribution in [0.25, 0.3) is 0 Å². The van der Waals surface area contributed by atoms with Gasteiger partial charge < -0.3 is 0 Å². The normalized spacial score (nSPS) is 19.9. The van der Waals surface area contributed by atoms with Gasteiger partial charge in [0.1, 0.15) is 0 Å². The maximum atomic E-state index is 12.6. The van der Waals surface area contributed by atoms with Crippen molar-refractivity contribution in [3.05, 3.63) is 58.8 Å². The van der Waals surface area contributed by atoms with E-state index in [1.54, 1.807) is 12.1 Å². The van der Waals surface area contributed by atoms with Crippen LogP contribution in [0.4, 0.5) is 13.2 Å². The zero-order valence-corrected chi connectivity index (χ0v) is 13.0. The molecule has 0 amide bonds. The van der Waals surface area contributed by atoms with Crippen LogP contribution in [0.1, 0.15) is 23.5 Å². The predicted molar refractivity (Wildman–Crippen MR) is 79.4 cm³/mol. The van der Waals surface area contributed by atoms with Gasteiger partial charge in [0.25, 0.3) is 0 Å². The fourth-order valence-electron chi connectivity index (χ4n) is 2.34. The number of benzene rings is 1. The Morgan fingerprint density at radius 2 is 1.65 bits per heavy atom. The van der Waals surface area contributed by atoms with E-state index in [1.807, 2.05) is 0 Å². The molecule has 1 aliphatic carbocycles. The second kappa shape index (κ2) is 5.24. The van der Waals surface area contributed by atoms with Crippen molar-refractivity contribution in [2.24, 2.45) is 0 Å². The average Bonchev–Trinajstić information content (AvgIpc) is 2.37. The third kappa shape index (κ3) is 3.42. The lowest BCUT2D eigenvalue weighted by Crippen LogP contribution is -2.25. The number of alkyl halides is 3. The second-order valence-electron chi connectivity index (χ2n) is 6.22. The first-order chi connectivity index (χ1) is 9.18. The highest BCUT2D eigenvalue weighted by atomic mass is 28.3. The zero-order chi connectivity index (χ0) is 15.0. The Kier molecular flexibility index (Phi) is 3.96. The van der Waals surface area contributed by atoms with Gasteiger partial charge in [0.2, 0.25) is 0 Å². The zero-order valence-electron chi connectivity index (χ0n) is 12.0. The van der Waals surface area contributed by atoms with Gasteiger partial charge in [-0.2, -0.15) is 13.2 Å². The highest BCUT2D eigenvalue weighted by molar-refractivity contribution is 6.83. The van der Waals surface area contributed by atoms with Crippen molar-refractivity contribution < 1.29 is 13.2 Å². The van der Waals surface area contributed by atoms with Crippen molar-refractivity contribution in [2.75, 3.05) is 0 Å². The van der Waals surface area contributed by atoms with Crippen LogP contribution in [-0.2, 0) is 6.18 Å². The summed E-state index contributed by atoms with van der Waals surface area (Å²) in [6.07, 6.45) is 3.16. The van der Waals surface area contributed by atoms with Gasteiger partial charge in [0.15, 0.2) is 0 Å². The molecule has 1 atom stereocenters. The summed E-state index contributed by atoms with van der Waals surface area (Å²) in [5.74, 6) is 0.104. The molecule has 0 bridgehead atoms. The minimum absolute atomic E-state index is 0.104. The fraction of sp³-hybridized carbons (Fsp3) is 0.375. The van der Waals surface area contributed by atoms with Crippen LogP contribution in [-0.4, -0.2) is 8.07 Å². The van der Waals surface area contributed by atoms with Crippen LogP contribution in [0.3, 0.4) is 0 Å². The van der Waals surface area contributed by atoms with E-state index in [4.69, 9.17) is 0 Å². The Morgan fingerprint density at radius 3 is 2.15 bits per heavy atom. The van der Waals surface area contributed by atoms with Gasteiger partial charge >= 0.3 is 6.18 Å². The smallest absolute Gasteiger partial charge is 0.166 e.